The van der Waals surface area contributed by atoms with E-state index in [1.807, 2.05) is 24.3 Å². The number of nitrogens with zero attached hydrogens (tertiary/aromatic N) is 2. The normalized spacial score (nSPS) is 12.2. The third-order valence-electron chi connectivity index (χ3n) is 2.59. The quantitative estimate of drug-likeness (QED) is 0.900. The predicted molar refractivity (Wildman–Crippen MR) is 75.3 cm³/mol. The third kappa shape index (κ3) is 3.42. The molecule has 0 bridgehead atoms. The number of amides is 1. The van der Waals surface area contributed by atoms with Gasteiger partial charge in [-0.3, -0.25) is 4.79 Å². The number of aliphatic hydroxyl groups excluding tert-OH is 1. The van der Waals surface area contributed by atoms with Crippen LogP contribution in [0, 0.1) is 0 Å². The van der Waals surface area contributed by atoms with Crippen LogP contribution in [0.5, 0.6) is 0 Å². The Morgan fingerprint density at radius 1 is 1.47 bits per heavy atom. The number of benzene rings is 1. The van der Waals surface area contributed by atoms with Crippen LogP contribution in [-0.2, 0) is 0 Å². The van der Waals surface area contributed by atoms with Crippen LogP contribution in [0.25, 0.3) is 5.69 Å². The van der Waals surface area contributed by atoms with Crippen molar-refractivity contribution in [2.45, 2.75) is 13.0 Å². The predicted octanol–water partition coefficient (Wildman–Crippen LogP) is 1.75. The van der Waals surface area contributed by atoms with Gasteiger partial charge in [0.25, 0.3) is 5.91 Å². The lowest BCUT2D eigenvalue weighted by molar-refractivity contribution is 0.0917. The minimum atomic E-state index is -0.294. The number of hydrogen-bond donors (Lipinski definition) is 2. The fourth-order valence-electron chi connectivity index (χ4n) is 1.54. The van der Waals surface area contributed by atoms with Crippen molar-refractivity contribution in [2.75, 3.05) is 6.61 Å². The highest BCUT2D eigenvalue weighted by Gasteiger charge is 2.12. The molecule has 6 heteroatoms. The van der Waals surface area contributed by atoms with Crippen LogP contribution in [0.3, 0.4) is 0 Å². The number of aliphatic hydroxyl groups is 1. The molecule has 0 aliphatic carbocycles. The second-order valence-electron chi connectivity index (χ2n) is 4.20. The summed E-state index contributed by atoms with van der Waals surface area (Å²) < 4.78 is 2.76. The average molecular weight is 324 g/mol. The van der Waals surface area contributed by atoms with Crippen LogP contribution in [0.1, 0.15) is 17.4 Å². The molecule has 0 aliphatic heterocycles. The standard InChI is InChI=1S/C13H14BrN3O2/c1-9(7-18)16-13(19)12-6-17(8-15-12)11-4-2-10(14)3-5-11/h2-6,8-9,18H,7H2,1H3,(H,16,19). The first-order valence-corrected chi connectivity index (χ1v) is 6.61. The molecule has 0 saturated carbocycles. The Balaban J connectivity index is 2.15. The van der Waals surface area contributed by atoms with Crippen molar-refractivity contribution < 1.29 is 9.90 Å². The van der Waals surface area contributed by atoms with Gasteiger partial charge >= 0.3 is 0 Å². The molecule has 100 valence electrons. The first-order valence-electron chi connectivity index (χ1n) is 5.82. The van der Waals surface area contributed by atoms with E-state index in [4.69, 9.17) is 5.11 Å². The Bertz CT molecular complexity index is 566. The number of carbonyl (C=O) groups excluding carboxylic acids is 1. The van der Waals surface area contributed by atoms with Gasteiger partial charge in [0.15, 0.2) is 0 Å². The summed E-state index contributed by atoms with van der Waals surface area (Å²) in [5, 5.41) is 11.5. The fraction of sp³-hybridized carbons (Fsp3) is 0.231. The fourth-order valence-corrected chi connectivity index (χ4v) is 1.80. The van der Waals surface area contributed by atoms with E-state index in [9.17, 15) is 4.79 Å². The molecule has 0 fully saturated rings. The number of nitrogens with one attached hydrogen (secondary N) is 1. The Morgan fingerprint density at radius 2 is 2.16 bits per heavy atom. The highest BCUT2D eigenvalue weighted by atomic mass is 79.9. The van der Waals surface area contributed by atoms with E-state index < -0.39 is 0 Å². The van der Waals surface area contributed by atoms with Gasteiger partial charge < -0.3 is 15.0 Å². The number of halogens is 1. The van der Waals surface area contributed by atoms with E-state index in [2.05, 4.69) is 26.2 Å². The third-order valence-corrected chi connectivity index (χ3v) is 3.12. The number of carbonyl (C=O) groups is 1. The minimum absolute atomic E-state index is 0.0981. The first-order chi connectivity index (χ1) is 9.10. The number of imidazole rings is 1. The molecular formula is C13H14BrN3O2. The lowest BCUT2D eigenvalue weighted by Crippen LogP contribution is -2.35. The molecule has 1 unspecified atom stereocenters. The molecule has 1 aromatic heterocycles. The van der Waals surface area contributed by atoms with Gasteiger partial charge in [-0.05, 0) is 31.2 Å². The maximum absolute atomic E-state index is 11.8. The molecule has 1 amide bonds. The van der Waals surface area contributed by atoms with Crippen LogP contribution < -0.4 is 5.32 Å². The number of rotatable bonds is 4. The smallest absolute Gasteiger partial charge is 0.271 e. The van der Waals surface area contributed by atoms with Gasteiger partial charge in [-0.1, -0.05) is 15.9 Å². The summed E-state index contributed by atoms with van der Waals surface area (Å²) in [4.78, 5) is 15.9. The van der Waals surface area contributed by atoms with E-state index >= 15 is 0 Å². The van der Waals surface area contributed by atoms with Gasteiger partial charge in [0.05, 0.1) is 6.61 Å². The van der Waals surface area contributed by atoms with Crippen LogP contribution >= 0.6 is 15.9 Å². The van der Waals surface area contributed by atoms with Crippen LogP contribution in [0.2, 0.25) is 0 Å². The van der Waals surface area contributed by atoms with Gasteiger partial charge in [0, 0.05) is 22.4 Å². The summed E-state index contributed by atoms with van der Waals surface area (Å²) in [6.07, 6.45) is 3.24. The second-order valence-corrected chi connectivity index (χ2v) is 5.12. The molecule has 0 aliphatic rings. The van der Waals surface area contributed by atoms with Gasteiger partial charge in [-0.2, -0.15) is 0 Å². The van der Waals surface area contributed by atoms with Crippen LogP contribution in [0.15, 0.2) is 41.3 Å². The van der Waals surface area contributed by atoms with Gasteiger partial charge in [0.1, 0.15) is 12.0 Å². The zero-order chi connectivity index (χ0) is 13.8. The monoisotopic (exact) mass is 323 g/mol. The number of hydrogen-bond acceptors (Lipinski definition) is 3. The zero-order valence-corrected chi connectivity index (χ0v) is 12.0. The van der Waals surface area contributed by atoms with Gasteiger partial charge in [-0.15, -0.1) is 0 Å². The van der Waals surface area contributed by atoms with Crippen molar-refractivity contribution in [1.82, 2.24) is 14.9 Å². The summed E-state index contributed by atoms with van der Waals surface area (Å²) in [5.74, 6) is -0.294. The highest BCUT2D eigenvalue weighted by Crippen LogP contribution is 2.14. The maximum atomic E-state index is 11.8. The van der Waals surface area contributed by atoms with Crippen molar-refractivity contribution >= 4 is 21.8 Å². The molecule has 1 heterocycles. The largest absolute Gasteiger partial charge is 0.394 e. The summed E-state index contributed by atoms with van der Waals surface area (Å²) in [6, 6.07) is 7.39. The van der Waals surface area contributed by atoms with Crippen LogP contribution in [-0.4, -0.2) is 33.2 Å². The van der Waals surface area contributed by atoms with E-state index in [-0.39, 0.29) is 18.6 Å². The van der Waals surface area contributed by atoms with E-state index in [0.717, 1.165) is 10.2 Å². The summed E-state index contributed by atoms with van der Waals surface area (Å²) in [7, 11) is 0. The second kappa shape index (κ2) is 5.99. The first kappa shape index (κ1) is 13.8. The Labute approximate surface area is 119 Å². The summed E-state index contributed by atoms with van der Waals surface area (Å²) in [6.45, 7) is 1.63. The zero-order valence-electron chi connectivity index (χ0n) is 10.4. The molecule has 5 nitrogen and oxygen atoms in total. The molecule has 2 rings (SSSR count). The van der Waals surface area contributed by atoms with Crippen molar-refractivity contribution in [1.29, 1.82) is 0 Å². The molecule has 2 aromatic rings. The maximum Gasteiger partial charge on any atom is 0.271 e. The summed E-state index contributed by atoms with van der Waals surface area (Å²) >= 11 is 3.37. The Hall–Kier alpha value is -1.66. The average Bonchev–Trinajstić information content (AvgIpc) is 2.89. The molecule has 0 spiro atoms. The van der Waals surface area contributed by atoms with Gasteiger partial charge in [0.2, 0.25) is 0 Å². The molecule has 19 heavy (non-hydrogen) atoms. The van der Waals surface area contributed by atoms with Crippen molar-refractivity contribution in [3.63, 3.8) is 0 Å². The van der Waals surface area contributed by atoms with Crippen LogP contribution in [0.4, 0.5) is 0 Å². The molecule has 0 radical (unpaired) electrons. The Morgan fingerprint density at radius 3 is 2.79 bits per heavy atom. The lowest BCUT2D eigenvalue weighted by Gasteiger charge is -2.08. The molecule has 1 atom stereocenters. The SMILES string of the molecule is CC(CO)NC(=O)c1cn(-c2ccc(Br)cc2)cn1. The molecule has 2 N–H and O–H groups in total. The number of aromatic nitrogens is 2. The molecular weight excluding hydrogens is 310 g/mol. The van der Waals surface area contributed by atoms with E-state index in [1.54, 1.807) is 24.0 Å². The van der Waals surface area contributed by atoms with Crippen molar-refractivity contribution in [2.24, 2.45) is 0 Å². The Kier molecular flexibility index (Phi) is 4.34. The topological polar surface area (TPSA) is 67.2 Å². The van der Waals surface area contributed by atoms with Gasteiger partial charge in [-0.25, -0.2) is 4.98 Å². The highest BCUT2D eigenvalue weighted by molar-refractivity contribution is 9.10. The minimum Gasteiger partial charge on any atom is -0.394 e. The molecule has 1 aromatic carbocycles. The summed E-state index contributed by atoms with van der Waals surface area (Å²) in [5.41, 5.74) is 1.24. The van der Waals surface area contributed by atoms with E-state index in [0.29, 0.717) is 5.69 Å². The van der Waals surface area contributed by atoms with Crippen molar-refractivity contribution in [3.05, 3.63) is 47.0 Å². The lowest BCUT2D eigenvalue weighted by atomic mass is 10.3. The van der Waals surface area contributed by atoms with E-state index in [1.165, 1.54) is 0 Å². The molecule has 0 saturated heterocycles. The van der Waals surface area contributed by atoms with Crippen molar-refractivity contribution in [3.8, 4) is 5.69 Å².